The van der Waals surface area contributed by atoms with Crippen molar-refractivity contribution in [3.63, 3.8) is 0 Å². The summed E-state index contributed by atoms with van der Waals surface area (Å²) in [4.78, 5) is 6.85. The second-order valence-electron chi connectivity index (χ2n) is 7.47. The van der Waals surface area contributed by atoms with Crippen LogP contribution in [0.4, 0.5) is 11.6 Å². The molecule has 0 spiro atoms. The number of rotatable bonds is 5. The van der Waals surface area contributed by atoms with Crippen molar-refractivity contribution < 1.29 is 4.42 Å². The number of hydrogen-bond donors (Lipinski definition) is 1. The van der Waals surface area contributed by atoms with Gasteiger partial charge in [0.15, 0.2) is 0 Å². The van der Waals surface area contributed by atoms with Crippen molar-refractivity contribution in [1.82, 2.24) is 0 Å². The fourth-order valence-corrected chi connectivity index (χ4v) is 3.89. The molecule has 0 amide bonds. The van der Waals surface area contributed by atoms with Crippen molar-refractivity contribution in [2.24, 2.45) is 4.99 Å². The standard InChI is InChI=1S/C26H23N3O/c27-22-13-11-19(12-14-22)15-16-29-18-28-17-23-24(20-7-3-1-4-8-20)25(30-26(23)29)21-9-5-2-6-10-21/h1-14,17H,15-16,18,27H2. The minimum absolute atomic E-state index is 0.595. The zero-order valence-corrected chi connectivity index (χ0v) is 16.7. The Hall–Kier alpha value is -3.79. The van der Waals surface area contributed by atoms with Crippen molar-refractivity contribution in [3.05, 3.63) is 96.1 Å². The summed E-state index contributed by atoms with van der Waals surface area (Å²) in [5, 5.41) is 0. The van der Waals surface area contributed by atoms with Crippen molar-refractivity contribution >= 4 is 17.8 Å². The summed E-state index contributed by atoms with van der Waals surface area (Å²) in [5.74, 6) is 1.77. The highest BCUT2D eigenvalue weighted by molar-refractivity contribution is 6.02. The van der Waals surface area contributed by atoms with Gasteiger partial charge in [-0.15, -0.1) is 0 Å². The monoisotopic (exact) mass is 393 g/mol. The molecular weight excluding hydrogens is 370 g/mol. The molecule has 0 saturated heterocycles. The molecule has 3 aromatic carbocycles. The van der Waals surface area contributed by atoms with E-state index in [-0.39, 0.29) is 0 Å². The van der Waals surface area contributed by atoms with Crippen LogP contribution in [0.3, 0.4) is 0 Å². The zero-order valence-electron chi connectivity index (χ0n) is 16.7. The smallest absolute Gasteiger partial charge is 0.207 e. The number of anilines is 2. The minimum atomic E-state index is 0.595. The molecule has 1 aliphatic heterocycles. The van der Waals surface area contributed by atoms with Crippen LogP contribution in [0.1, 0.15) is 11.1 Å². The van der Waals surface area contributed by atoms with Crippen LogP contribution in [0.25, 0.3) is 22.5 Å². The number of aliphatic imine (C=N–C) groups is 1. The molecule has 5 rings (SSSR count). The molecule has 148 valence electrons. The Kier molecular flexibility index (Phi) is 4.81. The lowest BCUT2D eigenvalue weighted by Crippen LogP contribution is -2.28. The second-order valence-corrected chi connectivity index (χ2v) is 7.47. The summed E-state index contributed by atoms with van der Waals surface area (Å²) in [6.07, 6.45) is 2.85. The number of benzene rings is 3. The van der Waals surface area contributed by atoms with Crippen LogP contribution in [0.2, 0.25) is 0 Å². The number of fused-ring (bicyclic) bond motifs is 1. The molecule has 0 unspecified atom stereocenters. The van der Waals surface area contributed by atoms with E-state index in [1.807, 2.05) is 42.6 Å². The summed E-state index contributed by atoms with van der Waals surface area (Å²) in [5.41, 5.74) is 12.2. The highest BCUT2D eigenvalue weighted by Crippen LogP contribution is 2.43. The van der Waals surface area contributed by atoms with Crippen molar-refractivity contribution in [3.8, 4) is 22.5 Å². The van der Waals surface area contributed by atoms with E-state index in [1.54, 1.807) is 0 Å². The van der Waals surface area contributed by atoms with Gasteiger partial charge in [-0.05, 0) is 29.7 Å². The summed E-state index contributed by atoms with van der Waals surface area (Å²) in [7, 11) is 0. The van der Waals surface area contributed by atoms with Crippen LogP contribution >= 0.6 is 0 Å². The first-order valence-electron chi connectivity index (χ1n) is 10.2. The Labute approximate surface area is 176 Å². The van der Waals surface area contributed by atoms with E-state index in [0.717, 1.165) is 52.6 Å². The normalized spacial score (nSPS) is 12.7. The van der Waals surface area contributed by atoms with Crippen LogP contribution in [-0.2, 0) is 6.42 Å². The third kappa shape index (κ3) is 3.48. The molecule has 0 fully saturated rings. The highest BCUT2D eigenvalue weighted by Gasteiger charge is 2.27. The molecule has 2 N–H and O–H groups in total. The Balaban J connectivity index is 1.54. The van der Waals surface area contributed by atoms with Gasteiger partial charge < -0.3 is 15.1 Å². The number of nitrogens with two attached hydrogens (primary N) is 1. The van der Waals surface area contributed by atoms with E-state index in [2.05, 4.69) is 58.4 Å². The van der Waals surface area contributed by atoms with Gasteiger partial charge >= 0.3 is 0 Å². The fraction of sp³-hybridized carbons (Fsp3) is 0.115. The van der Waals surface area contributed by atoms with Crippen LogP contribution in [0.15, 0.2) is 94.3 Å². The number of nitrogens with zero attached hydrogens (tertiary/aromatic N) is 2. The fourth-order valence-electron chi connectivity index (χ4n) is 3.89. The predicted octanol–water partition coefficient (Wildman–Crippen LogP) is 5.63. The molecule has 4 aromatic rings. The van der Waals surface area contributed by atoms with E-state index in [0.29, 0.717) is 6.67 Å². The van der Waals surface area contributed by atoms with Gasteiger partial charge in [-0.25, -0.2) is 0 Å². The zero-order chi connectivity index (χ0) is 20.3. The van der Waals surface area contributed by atoms with Gasteiger partial charge in [0, 0.05) is 29.6 Å². The third-order valence-corrected chi connectivity index (χ3v) is 5.43. The van der Waals surface area contributed by atoms with Crippen LogP contribution < -0.4 is 10.6 Å². The summed E-state index contributed by atoms with van der Waals surface area (Å²) in [6, 6.07) is 28.7. The Morgan fingerprint density at radius 1 is 0.833 bits per heavy atom. The third-order valence-electron chi connectivity index (χ3n) is 5.43. The SMILES string of the molecule is Nc1ccc(CCN2CN=Cc3c2oc(-c2ccccc2)c3-c2ccccc2)cc1. The lowest BCUT2D eigenvalue weighted by Gasteiger charge is -2.23. The molecule has 0 aliphatic carbocycles. The maximum atomic E-state index is 6.51. The van der Waals surface area contributed by atoms with E-state index in [9.17, 15) is 0 Å². The maximum absolute atomic E-state index is 6.51. The van der Waals surface area contributed by atoms with E-state index in [1.165, 1.54) is 5.56 Å². The largest absolute Gasteiger partial charge is 0.439 e. The number of nitrogen functional groups attached to an aromatic ring is 1. The van der Waals surface area contributed by atoms with Gasteiger partial charge in [-0.1, -0.05) is 72.8 Å². The lowest BCUT2D eigenvalue weighted by molar-refractivity contribution is 0.554. The van der Waals surface area contributed by atoms with E-state index < -0.39 is 0 Å². The molecule has 0 radical (unpaired) electrons. The summed E-state index contributed by atoms with van der Waals surface area (Å²) >= 11 is 0. The van der Waals surface area contributed by atoms with Crippen molar-refractivity contribution in [2.75, 3.05) is 23.8 Å². The summed E-state index contributed by atoms with van der Waals surface area (Å²) in [6.45, 7) is 1.42. The first-order chi connectivity index (χ1) is 14.8. The first kappa shape index (κ1) is 18.3. The van der Waals surface area contributed by atoms with Crippen LogP contribution in [0, 0.1) is 0 Å². The van der Waals surface area contributed by atoms with E-state index >= 15 is 0 Å². The molecule has 0 bridgehead atoms. The highest BCUT2D eigenvalue weighted by atomic mass is 16.4. The topological polar surface area (TPSA) is 54.8 Å². The molecule has 0 saturated carbocycles. The van der Waals surface area contributed by atoms with E-state index in [4.69, 9.17) is 10.2 Å². The van der Waals surface area contributed by atoms with Gasteiger partial charge in [-0.2, -0.15) is 0 Å². The number of furan rings is 1. The second kappa shape index (κ2) is 7.91. The predicted molar refractivity (Wildman–Crippen MR) is 124 cm³/mol. The lowest BCUT2D eigenvalue weighted by atomic mass is 9.98. The Morgan fingerprint density at radius 2 is 1.50 bits per heavy atom. The molecule has 1 aliphatic rings. The van der Waals surface area contributed by atoms with Crippen molar-refractivity contribution in [2.45, 2.75) is 6.42 Å². The Morgan fingerprint density at radius 3 is 2.20 bits per heavy atom. The molecule has 0 atom stereocenters. The van der Waals surface area contributed by atoms with Gasteiger partial charge in [0.05, 0.1) is 5.56 Å². The molecule has 1 aromatic heterocycles. The molecule has 4 heteroatoms. The van der Waals surface area contributed by atoms with Gasteiger partial charge in [0.25, 0.3) is 0 Å². The molecular formula is C26H23N3O. The van der Waals surface area contributed by atoms with Gasteiger partial charge in [-0.3, -0.25) is 4.99 Å². The number of hydrogen-bond acceptors (Lipinski definition) is 4. The van der Waals surface area contributed by atoms with Gasteiger partial charge in [0.1, 0.15) is 12.4 Å². The molecule has 4 nitrogen and oxygen atoms in total. The average Bonchev–Trinajstić information content (AvgIpc) is 3.20. The van der Waals surface area contributed by atoms with Gasteiger partial charge in [0.2, 0.25) is 5.88 Å². The van der Waals surface area contributed by atoms with Crippen LogP contribution in [-0.4, -0.2) is 19.4 Å². The maximum Gasteiger partial charge on any atom is 0.207 e. The van der Waals surface area contributed by atoms with Crippen molar-refractivity contribution in [1.29, 1.82) is 0 Å². The average molecular weight is 393 g/mol. The van der Waals surface area contributed by atoms with Crippen LogP contribution in [0.5, 0.6) is 0 Å². The Bertz CT molecular complexity index is 1160. The minimum Gasteiger partial charge on any atom is -0.439 e. The summed E-state index contributed by atoms with van der Waals surface area (Å²) < 4.78 is 6.51. The molecule has 2 heterocycles. The molecule has 30 heavy (non-hydrogen) atoms. The quantitative estimate of drug-likeness (QED) is 0.447. The first-order valence-corrected chi connectivity index (χ1v) is 10.2.